The SMILES string of the molecule is CC[N+](CC)=C1SCC(O)(c2ccc(Cl)c(S(N)(=O)=O)c2)N1C.[Cl-]. The van der Waals surface area contributed by atoms with E-state index in [-0.39, 0.29) is 22.3 Å². The molecule has 0 bridgehead atoms. The fourth-order valence-electron chi connectivity index (χ4n) is 2.56. The second-order valence-corrected chi connectivity index (χ2v) is 8.19. The van der Waals surface area contributed by atoms with Gasteiger partial charge in [0, 0.05) is 5.56 Å². The number of hydrogen-bond donors (Lipinski definition) is 2. The monoisotopic (exact) mass is 413 g/mol. The first-order valence-corrected chi connectivity index (χ1v) is 10.1. The summed E-state index contributed by atoms with van der Waals surface area (Å²) < 4.78 is 25.4. The van der Waals surface area contributed by atoms with Gasteiger partial charge in [0.2, 0.25) is 15.7 Å². The molecule has 1 aliphatic heterocycles. The molecule has 0 amide bonds. The largest absolute Gasteiger partial charge is 1.00 e. The lowest BCUT2D eigenvalue weighted by Crippen LogP contribution is -3.00. The highest BCUT2D eigenvalue weighted by atomic mass is 35.5. The highest BCUT2D eigenvalue weighted by Gasteiger charge is 2.50. The van der Waals surface area contributed by atoms with Crippen molar-refractivity contribution in [3.63, 3.8) is 0 Å². The Hall–Kier alpha value is -0.510. The van der Waals surface area contributed by atoms with E-state index in [0.717, 1.165) is 18.3 Å². The van der Waals surface area contributed by atoms with E-state index in [9.17, 15) is 13.5 Å². The van der Waals surface area contributed by atoms with Crippen LogP contribution in [0.2, 0.25) is 5.02 Å². The van der Waals surface area contributed by atoms with Gasteiger partial charge in [0.15, 0.2) is 0 Å². The first kappa shape index (κ1) is 21.5. The number of thioether (sulfide) groups is 1. The standard InChI is InChI=1S/C14H21ClN3O3S2.ClH/c1-4-18(5-2)13-17(3)14(19,9-22-13)10-6-7-11(15)12(8-10)23(16,20)21;/h6-8,19H,4-5,9H2,1-3H3,(H2,16,20,21);1H/q+1;/p-1. The second-order valence-electron chi connectivity index (χ2n) is 5.31. The van der Waals surface area contributed by atoms with E-state index in [1.807, 2.05) is 13.8 Å². The van der Waals surface area contributed by atoms with Crippen molar-refractivity contribution in [2.24, 2.45) is 5.14 Å². The number of primary sulfonamides is 1. The fraction of sp³-hybridized carbons (Fsp3) is 0.500. The zero-order chi connectivity index (χ0) is 17.4. The van der Waals surface area contributed by atoms with Crippen molar-refractivity contribution < 1.29 is 30.5 Å². The Morgan fingerprint density at radius 2 is 2.00 bits per heavy atom. The quantitative estimate of drug-likeness (QED) is 0.570. The van der Waals surface area contributed by atoms with Crippen LogP contribution in [0.5, 0.6) is 0 Å². The van der Waals surface area contributed by atoms with Crippen molar-refractivity contribution in [3.05, 3.63) is 28.8 Å². The van der Waals surface area contributed by atoms with Gasteiger partial charge in [0.05, 0.1) is 30.9 Å². The van der Waals surface area contributed by atoms with Crippen molar-refractivity contribution >= 4 is 38.6 Å². The Morgan fingerprint density at radius 3 is 2.50 bits per heavy atom. The molecule has 1 aromatic carbocycles. The molecule has 1 heterocycles. The van der Waals surface area contributed by atoms with E-state index >= 15 is 0 Å². The first-order chi connectivity index (χ1) is 10.6. The normalized spacial score (nSPS) is 20.9. The lowest BCUT2D eigenvalue weighted by atomic mass is 10.0. The highest BCUT2D eigenvalue weighted by Crippen LogP contribution is 2.39. The minimum absolute atomic E-state index is 0. The summed E-state index contributed by atoms with van der Waals surface area (Å²) >= 11 is 7.45. The summed E-state index contributed by atoms with van der Waals surface area (Å²) in [5, 5.41) is 17.3. The Morgan fingerprint density at radius 1 is 1.42 bits per heavy atom. The maximum Gasteiger partial charge on any atom is 0.311 e. The van der Waals surface area contributed by atoms with E-state index in [1.165, 1.54) is 23.9 Å². The Kier molecular flexibility index (Phi) is 7.00. The molecule has 1 fully saturated rings. The van der Waals surface area contributed by atoms with Crippen LogP contribution in [-0.2, 0) is 15.7 Å². The summed E-state index contributed by atoms with van der Waals surface area (Å²) in [6.45, 7) is 5.73. The van der Waals surface area contributed by atoms with Crippen molar-refractivity contribution in [1.29, 1.82) is 0 Å². The van der Waals surface area contributed by atoms with Crippen LogP contribution in [-0.4, -0.2) is 54.1 Å². The molecule has 1 aromatic rings. The van der Waals surface area contributed by atoms with Gasteiger partial charge < -0.3 is 17.5 Å². The number of nitrogens with zero attached hydrogens (tertiary/aromatic N) is 2. The predicted molar refractivity (Wildman–Crippen MR) is 93.3 cm³/mol. The second kappa shape index (κ2) is 7.80. The third-order valence-electron chi connectivity index (χ3n) is 3.98. The number of benzene rings is 1. The minimum atomic E-state index is -3.95. The average molecular weight is 414 g/mol. The Bertz CT molecular complexity index is 750. The van der Waals surface area contributed by atoms with E-state index in [4.69, 9.17) is 16.7 Å². The molecule has 136 valence electrons. The molecule has 10 heteroatoms. The van der Waals surface area contributed by atoms with Gasteiger partial charge in [-0.05, 0) is 37.7 Å². The van der Waals surface area contributed by atoms with Crippen LogP contribution in [0.3, 0.4) is 0 Å². The maximum absolute atomic E-state index is 11.7. The van der Waals surface area contributed by atoms with Gasteiger partial charge in [-0.2, -0.15) is 0 Å². The van der Waals surface area contributed by atoms with Crippen molar-refractivity contribution in [2.75, 3.05) is 25.9 Å². The first-order valence-electron chi connectivity index (χ1n) is 7.18. The molecule has 0 saturated carbocycles. The molecular formula is C14H21Cl2N3O3S2. The zero-order valence-corrected chi connectivity index (χ0v) is 16.8. The van der Waals surface area contributed by atoms with Crippen molar-refractivity contribution in [1.82, 2.24) is 4.90 Å². The van der Waals surface area contributed by atoms with Crippen LogP contribution in [0.1, 0.15) is 19.4 Å². The van der Waals surface area contributed by atoms with Crippen LogP contribution in [0, 0.1) is 0 Å². The van der Waals surface area contributed by atoms with Crippen LogP contribution >= 0.6 is 23.4 Å². The van der Waals surface area contributed by atoms with Gasteiger partial charge in [-0.1, -0.05) is 17.7 Å². The number of aliphatic hydroxyl groups is 1. The third kappa shape index (κ3) is 3.84. The Balaban J connectivity index is 0.00000288. The van der Waals surface area contributed by atoms with Crippen molar-refractivity contribution in [2.45, 2.75) is 24.5 Å². The molecule has 24 heavy (non-hydrogen) atoms. The predicted octanol–water partition coefficient (Wildman–Crippen LogP) is -1.78. The van der Waals surface area contributed by atoms with E-state index in [0.29, 0.717) is 11.3 Å². The number of hydrogen-bond acceptors (Lipinski definition) is 4. The number of halogens is 2. The molecule has 1 aliphatic rings. The molecule has 0 spiro atoms. The summed E-state index contributed by atoms with van der Waals surface area (Å²) in [7, 11) is -2.16. The van der Waals surface area contributed by atoms with Gasteiger partial charge in [-0.3, -0.25) is 4.58 Å². The van der Waals surface area contributed by atoms with Gasteiger partial charge in [0.1, 0.15) is 4.90 Å². The summed E-state index contributed by atoms with van der Waals surface area (Å²) in [4.78, 5) is 1.58. The number of rotatable bonds is 4. The molecule has 1 saturated heterocycles. The van der Waals surface area contributed by atoms with Crippen LogP contribution < -0.4 is 17.5 Å². The molecule has 0 aliphatic carbocycles. The summed E-state index contributed by atoms with van der Waals surface area (Å²) in [5.41, 5.74) is -0.866. The summed E-state index contributed by atoms with van der Waals surface area (Å²) in [6, 6.07) is 4.42. The van der Waals surface area contributed by atoms with Crippen molar-refractivity contribution in [3.8, 4) is 0 Å². The summed E-state index contributed by atoms with van der Waals surface area (Å²) in [5.74, 6) is 0.390. The average Bonchev–Trinajstić information content (AvgIpc) is 2.78. The number of amidine groups is 1. The third-order valence-corrected chi connectivity index (χ3v) is 6.71. The van der Waals surface area contributed by atoms with Crippen LogP contribution in [0.15, 0.2) is 23.1 Å². The lowest BCUT2D eigenvalue weighted by molar-refractivity contribution is -0.523. The smallest absolute Gasteiger partial charge is 0.311 e. The topological polar surface area (TPSA) is 86.6 Å². The van der Waals surface area contributed by atoms with E-state index < -0.39 is 15.7 Å². The number of nitrogens with two attached hydrogens (primary N) is 1. The molecule has 6 nitrogen and oxygen atoms in total. The van der Waals surface area contributed by atoms with Gasteiger partial charge in [-0.15, -0.1) is 0 Å². The van der Waals surface area contributed by atoms with Crippen LogP contribution in [0.4, 0.5) is 0 Å². The van der Waals surface area contributed by atoms with Gasteiger partial charge >= 0.3 is 5.17 Å². The Labute approximate surface area is 158 Å². The zero-order valence-electron chi connectivity index (χ0n) is 13.7. The lowest BCUT2D eigenvalue weighted by Gasteiger charge is -2.26. The molecule has 2 rings (SSSR count). The molecular weight excluding hydrogens is 393 g/mol. The molecule has 0 aromatic heterocycles. The highest BCUT2D eigenvalue weighted by molar-refractivity contribution is 8.13. The van der Waals surface area contributed by atoms with E-state index in [2.05, 4.69) is 4.58 Å². The molecule has 1 unspecified atom stereocenters. The van der Waals surface area contributed by atoms with Gasteiger partial charge in [0.25, 0.3) is 0 Å². The molecule has 3 N–H and O–H groups in total. The van der Waals surface area contributed by atoms with Gasteiger partial charge in [-0.25, -0.2) is 18.5 Å². The minimum Gasteiger partial charge on any atom is -1.00 e. The molecule has 1 atom stereocenters. The number of sulfonamides is 1. The maximum atomic E-state index is 11.7. The van der Waals surface area contributed by atoms with E-state index in [1.54, 1.807) is 18.0 Å². The van der Waals surface area contributed by atoms with Crippen LogP contribution in [0.25, 0.3) is 0 Å². The fourth-order valence-corrected chi connectivity index (χ4v) is 5.11. The molecule has 0 radical (unpaired) electrons. The summed E-state index contributed by atoms with van der Waals surface area (Å²) in [6.07, 6.45) is 0.